The minimum atomic E-state index is -0.364. The predicted molar refractivity (Wildman–Crippen MR) is 135 cm³/mol. The number of aryl methyl sites for hydroxylation is 2. The Bertz CT molecular complexity index is 1070. The Labute approximate surface area is 196 Å². The number of aromatic nitrogens is 2. The summed E-state index contributed by atoms with van der Waals surface area (Å²) in [7, 11) is 1.88. The molecule has 1 aliphatic heterocycles. The van der Waals surface area contributed by atoms with E-state index in [0.29, 0.717) is 0 Å². The van der Waals surface area contributed by atoms with Crippen LogP contribution in [0.5, 0.6) is 0 Å². The Morgan fingerprint density at radius 1 is 1.00 bits per heavy atom. The Kier molecular flexibility index (Phi) is 6.99. The number of nitrogens with one attached hydrogen (secondary N) is 2. The second kappa shape index (κ2) is 10.1. The average Bonchev–Trinajstić information content (AvgIpc) is 3.06. The second-order valence-corrected chi connectivity index (χ2v) is 8.82. The van der Waals surface area contributed by atoms with Gasteiger partial charge in [-0.15, -0.1) is 0 Å². The number of anilines is 3. The molecule has 0 spiro atoms. The van der Waals surface area contributed by atoms with E-state index in [9.17, 15) is 4.79 Å². The summed E-state index contributed by atoms with van der Waals surface area (Å²) in [5, 5.41) is 10.7. The van der Waals surface area contributed by atoms with E-state index >= 15 is 0 Å². The minimum absolute atomic E-state index is 0.0761. The molecule has 1 atom stereocenters. The van der Waals surface area contributed by atoms with Crippen LogP contribution >= 0.6 is 0 Å². The highest BCUT2D eigenvalue weighted by atomic mass is 16.2. The average molecular weight is 447 g/mol. The summed E-state index contributed by atoms with van der Waals surface area (Å²) in [6.07, 6.45) is 0. The molecule has 1 amide bonds. The summed E-state index contributed by atoms with van der Waals surface area (Å²) in [4.78, 5) is 17.6. The maximum absolute atomic E-state index is 12.7. The molecule has 0 saturated carbocycles. The lowest BCUT2D eigenvalue weighted by molar-refractivity contribution is -0.116. The number of benzene rings is 2. The Balaban J connectivity index is 1.28. The van der Waals surface area contributed by atoms with Gasteiger partial charge in [0.2, 0.25) is 5.91 Å². The third-order valence-corrected chi connectivity index (χ3v) is 6.39. The molecule has 1 aliphatic rings. The van der Waals surface area contributed by atoms with E-state index in [-0.39, 0.29) is 11.9 Å². The van der Waals surface area contributed by atoms with Gasteiger partial charge in [-0.3, -0.25) is 14.4 Å². The minimum Gasteiger partial charge on any atom is -0.374 e. The van der Waals surface area contributed by atoms with E-state index < -0.39 is 0 Å². The molecular formula is C26H34N6O. The first-order valence-electron chi connectivity index (χ1n) is 11.6. The summed E-state index contributed by atoms with van der Waals surface area (Å²) >= 11 is 0. The van der Waals surface area contributed by atoms with Gasteiger partial charge in [-0.2, -0.15) is 5.10 Å². The van der Waals surface area contributed by atoms with Crippen LogP contribution in [0, 0.1) is 13.8 Å². The summed E-state index contributed by atoms with van der Waals surface area (Å²) in [5.41, 5.74) is 6.08. The molecule has 1 fully saturated rings. The zero-order chi connectivity index (χ0) is 23.4. The lowest BCUT2D eigenvalue weighted by Gasteiger charge is -2.36. The maximum Gasteiger partial charge on any atom is 0.246 e. The van der Waals surface area contributed by atoms with Crippen LogP contribution in [-0.2, 0) is 18.4 Å². The van der Waals surface area contributed by atoms with Gasteiger partial charge >= 0.3 is 0 Å². The Hall–Kier alpha value is -3.32. The van der Waals surface area contributed by atoms with Crippen molar-refractivity contribution in [3.05, 3.63) is 71.5 Å². The van der Waals surface area contributed by atoms with Gasteiger partial charge in [0.25, 0.3) is 0 Å². The van der Waals surface area contributed by atoms with E-state index in [4.69, 9.17) is 0 Å². The highest BCUT2D eigenvalue weighted by molar-refractivity contribution is 5.97. The fourth-order valence-electron chi connectivity index (χ4n) is 4.28. The lowest BCUT2D eigenvalue weighted by Crippen LogP contribution is -2.45. The van der Waals surface area contributed by atoms with Crippen LogP contribution in [0.25, 0.3) is 0 Å². The fourth-order valence-corrected chi connectivity index (χ4v) is 4.28. The Morgan fingerprint density at radius 2 is 1.67 bits per heavy atom. The molecule has 33 heavy (non-hydrogen) atoms. The van der Waals surface area contributed by atoms with Gasteiger partial charge in [0, 0.05) is 51.1 Å². The number of rotatable bonds is 7. The van der Waals surface area contributed by atoms with Gasteiger partial charge in [-0.1, -0.05) is 30.3 Å². The summed E-state index contributed by atoms with van der Waals surface area (Å²) < 4.78 is 1.78. The SMILES string of the molecule is Cc1nn(C)c(C)c1NC(=O)[C@H](C)Nc1ccc(N2CCN(Cc3ccccc3)CC2)cc1. The topological polar surface area (TPSA) is 65.4 Å². The standard InChI is InChI=1S/C26H34N6O/c1-19-25(21(3)30(4)29-19)28-26(33)20(2)27-23-10-12-24(13-11-23)32-16-14-31(15-17-32)18-22-8-6-5-7-9-22/h5-13,20,27H,14-18H2,1-4H3,(H,28,33)/t20-/m0/s1. The molecular weight excluding hydrogens is 412 g/mol. The number of hydrogen-bond donors (Lipinski definition) is 2. The van der Waals surface area contributed by atoms with Crippen LogP contribution in [-0.4, -0.2) is 52.8 Å². The molecule has 7 nitrogen and oxygen atoms in total. The van der Waals surface area contributed by atoms with Gasteiger partial charge in [-0.05, 0) is 50.6 Å². The van der Waals surface area contributed by atoms with Crippen molar-refractivity contribution in [3.63, 3.8) is 0 Å². The normalized spacial score (nSPS) is 15.3. The van der Waals surface area contributed by atoms with Crippen molar-refractivity contribution >= 4 is 23.0 Å². The smallest absolute Gasteiger partial charge is 0.246 e. The number of piperazine rings is 1. The zero-order valence-electron chi connectivity index (χ0n) is 20.0. The quantitative estimate of drug-likeness (QED) is 0.578. The number of carbonyl (C=O) groups is 1. The fraction of sp³-hybridized carbons (Fsp3) is 0.385. The van der Waals surface area contributed by atoms with Crippen LogP contribution in [0.4, 0.5) is 17.1 Å². The monoisotopic (exact) mass is 446 g/mol. The molecule has 174 valence electrons. The van der Waals surface area contributed by atoms with E-state index in [0.717, 1.165) is 55.5 Å². The van der Waals surface area contributed by atoms with Crippen molar-refractivity contribution in [2.45, 2.75) is 33.4 Å². The van der Waals surface area contributed by atoms with E-state index in [1.54, 1.807) is 4.68 Å². The predicted octanol–water partition coefficient (Wildman–Crippen LogP) is 3.80. The first-order valence-corrected chi connectivity index (χ1v) is 11.6. The molecule has 7 heteroatoms. The van der Waals surface area contributed by atoms with Crippen molar-refractivity contribution in [2.24, 2.45) is 7.05 Å². The summed E-state index contributed by atoms with van der Waals surface area (Å²) in [6, 6.07) is 18.7. The van der Waals surface area contributed by atoms with Crippen LogP contribution in [0.3, 0.4) is 0 Å². The third-order valence-electron chi connectivity index (χ3n) is 6.39. The first kappa shape index (κ1) is 22.9. The number of amides is 1. The molecule has 2 N–H and O–H groups in total. The highest BCUT2D eigenvalue weighted by Gasteiger charge is 2.19. The van der Waals surface area contributed by atoms with Gasteiger partial charge < -0.3 is 15.5 Å². The van der Waals surface area contributed by atoms with Crippen LogP contribution < -0.4 is 15.5 Å². The molecule has 3 aromatic rings. The van der Waals surface area contributed by atoms with Crippen LogP contribution in [0.15, 0.2) is 54.6 Å². The van der Waals surface area contributed by atoms with Crippen LogP contribution in [0.2, 0.25) is 0 Å². The molecule has 0 unspecified atom stereocenters. The van der Waals surface area contributed by atoms with Crippen molar-refractivity contribution in [3.8, 4) is 0 Å². The highest BCUT2D eigenvalue weighted by Crippen LogP contribution is 2.22. The largest absolute Gasteiger partial charge is 0.374 e. The second-order valence-electron chi connectivity index (χ2n) is 8.82. The molecule has 1 aromatic heterocycles. The van der Waals surface area contributed by atoms with Crippen LogP contribution in [0.1, 0.15) is 23.9 Å². The van der Waals surface area contributed by atoms with Crippen molar-refractivity contribution in [1.82, 2.24) is 14.7 Å². The number of hydrogen-bond acceptors (Lipinski definition) is 5. The third kappa shape index (κ3) is 5.54. The number of nitrogens with zero attached hydrogens (tertiary/aromatic N) is 4. The van der Waals surface area contributed by atoms with Crippen molar-refractivity contribution < 1.29 is 4.79 Å². The van der Waals surface area contributed by atoms with Gasteiger partial charge in [0.05, 0.1) is 17.1 Å². The lowest BCUT2D eigenvalue weighted by atomic mass is 10.2. The first-order chi connectivity index (χ1) is 15.9. The van der Waals surface area contributed by atoms with Crippen molar-refractivity contribution in [2.75, 3.05) is 41.7 Å². The Morgan fingerprint density at radius 3 is 2.27 bits per heavy atom. The van der Waals surface area contributed by atoms with Gasteiger partial charge in [-0.25, -0.2) is 0 Å². The summed E-state index contributed by atoms with van der Waals surface area (Å²) in [6.45, 7) is 10.9. The van der Waals surface area contributed by atoms with Crippen molar-refractivity contribution in [1.29, 1.82) is 0 Å². The molecule has 2 aromatic carbocycles. The van der Waals surface area contributed by atoms with Gasteiger partial charge in [0.1, 0.15) is 6.04 Å². The van der Waals surface area contributed by atoms with E-state index in [1.165, 1.54) is 11.3 Å². The van der Waals surface area contributed by atoms with Gasteiger partial charge in [0.15, 0.2) is 0 Å². The van der Waals surface area contributed by atoms with E-state index in [2.05, 4.69) is 80.1 Å². The molecule has 2 heterocycles. The molecule has 1 saturated heterocycles. The molecule has 0 aliphatic carbocycles. The molecule has 4 rings (SSSR count). The molecule has 0 bridgehead atoms. The maximum atomic E-state index is 12.7. The molecule has 0 radical (unpaired) electrons. The summed E-state index contributed by atoms with van der Waals surface area (Å²) in [5.74, 6) is -0.0761. The number of carbonyl (C=O) groups excluding carboxylic acids is 1. The van der Waals surface area contributed by atoms with E-state index in [1.807, 2.05) is 27.8 Å². The zero-order valence-corrected chi connectivity index (χ0v) is 20.0.